The largest absolute Gasteiger partial charge is 0.492 e. The van der Waals surface area contributed by atoms with Gasteiger partial charge in [0.1, 0.15) is 23.7 Å². The molecule has 1 unspecified atom stereocenters. The topological polar surface area (TPSA) is 81.9 Å². The molecule has 0 spiro atoms. The van der Waals surface area contributed by atoms with E-state index < -0.39 is 11.9 Å². The van der Waals surface area contributed by atoms with E-state index in [9.17, 15) is 14.0 Å². The standard InChI is InChI=1S/C33H34BrFN2O4/c1-21-5-2-3-7-26(21)31(32(36)38)37-17-16-27(28(20-37)33(39)41-25-13-14-25)23-10-8-22(9-11-23)6-4-18-40-30-19-24(35)12-15-29(30)34/h2-3,5,7-12,15,19,25,31H,4,6,13-14,16-18,20H2,1H3,(H2,36,38). The molecule has 0 saturated heterocycles. The number of nitrogens with zero attached hydrogens (tertiary/aromatic N) is 1. The first-order chi connectivity index (χ1) is 19.8. The third-order valence-electron chi connectivity index (χ3n) is 7.60. The van der Waals surface area contributed by atoms with Gasteiger partial charge in [0.25, 0.3) is 0 Å². The van der Waals surface area contributed by atoms with Crippen molar-refractivity contribution in [1.29, 1.82) is 0 Å². The zero-order chi connectivity index (χ0) is 28.9. The summed E-state index contributed by atoms with van der Waals surface area (Å²) in [5.41, 5.74) is 11.4. The molecule has 1 aliphatic carbocycles. The van der Waals surface area contributed by atoms with Crippen molar-refractivity contribution >= 4 is 33.4 Å². The first-order valence-electron chi connectivity index (χ1n) is 14.0. The third kappa shape index (κ3) is 7.24. The minimum absolute atomic E-state index is 0.0208. The minimum Gasteiger partial charge on any atom is -0.492 e. The second-order valence-electron chi connectivity index (χ2n) is 10.7. The summed E-state index contributed by atoms with van der Waals surface area (Å²) in [7, 11) is 0. The number of hydrogen-bond donors (Lipinski definition) is 1. The summed E-state index contributed by atoms with van der Waals surface area (Å²) in [5, 5.41) is 0. The highest BCUT2D eigenvalue weighted by Gasteiger charge is 2.35. The number of esters is 1. The summed E-state index contributed by atoms with van der Waals surface area (Å²) in [6, 6.07) is 19.7. The highest BCUT2D eigenvalue weighted by Crippen LogP contribution is 2.35. The number of amides is 1. The summed E-state index contributed by atoms with van der Waals surface area (Å²) in [6.07, 6.45) is 3.92. The number of rotatable bonds is 11. The lowest BCUT2D eigenvalue weighted by molar-refractivity contribution is -0.141. The van der Waals surface area contributed by atoms with Crippen molar-refractivity contribution in [3.8, 4) is 5.75 Å². The fraction of sp³-hybridized carbons (Fsp3) is 0.333. The molecule has 214 valence electrons. The van der Waals surface area contributed by atoms with Crippen LogP contribution < -0.4 is 10.5 Å². The molecule has 0 aromatic heterocycles. The second kappa shape index (κ2) is 13.0. The SMILES string of the molecule is Cc1ccccc1C(C(N)=O)N1CCC(c2ccc(CCCOc3cc(F)ccc3Br)cc2)=C(C(=O)OC2CC2)C1. The van der Waals surface area contributed by atoms with E-state index in [1.165, 1.54) is 12.1 Å². The molecule has 0 radical (unpaired) electrons. The number of nitrogens with two attached hydrogens (primary N) is 1. The van der Waals surface area contributed by atoms with Crippen LogP contribution in [0.1, 0.15) is 54.0 Å². The van der Waals surface area contributed by atoms with Crippen molar-refractivity contribution in [3.63, 3.8) is 0 Å². The van der Waals surface area contributed by atoms with Crippen molar-refractivity contribution in [2.75, 3.05) is 19.7 Å². The molecule has 5 rings (SSSR count). The first kappa shape index (κ1) is 29.0. The molecular formula is C33H34BrFN2O4. The summed E-state index contributed by atoms with van der Waals surface area (Å²) >= 11 is 3.38. The molecule has 2 N–H and O–H groups in total. The van der Waals surface area contributed by atoms with Crippen molar-refractivity contribution in [3.05, 3.63) is 105 Å². The quantitative estimate of drug-likeness (QED) is 0.201. The molecule has 1 atom stereocenters. The predicted octanol–water partition coefficient (Wildman–Crippen LogP) is 6.30. The molecule has 41 heavy (non-hydrogen) atoms. The van der Waals surface area contributed by atoms with Crippen LogP contribution in [0.4, 0.5) is 4.39 Å². The maximum Gasteiger partial charge on any atom is 0.335 e. The Labute approximate surface area is 248 Å². The van der Waals surface area contributed by atoms with Gasteiger partial charge in [-0.1, -0.05) is 48.5 Å². The molecule has 3 aromatic carbocycles. The number of hydrogen-bond acceptors (Lipinski definition) is 5. The van der Waals surface area contributed by atoms with Crippen LogP contribution >= 0.6 is 15.9 Å². The smallest absolute Gasteiger partial charge is 0.335 e. The van der Waals surface area contributed by atoms with Gasteiger partial charge in [-0.05, 0) is 94.9 Å². The van der Waals surface area contributed by atoms with Gasteiger partial charge in [0, 0.05) is 19.2 Å². The zero-order valence-electron chi connectivity index (χ0n) is 23.1. The average Bonchev–Trinajstić information content (AvgIpc) is 3.78. The molecular weight excluding hydrogens is 587 g/mol. The number of carbonyl (C=O) groups is 2. The molecule has 0 bridgehead atoms. The highest BCUT2D eigenvalue weighted by atomic mass is 79.9. The Hall–Kier alpha value is -3.49. The molecule has 1 saturated carbocycles. The molecule has 1 heterocycles. The maximum atomic E-state index is 13.5. The van der Waals surface area contributed by atoms with Crippen LogP contribution in [0.2, 0.25) is 0 Å². The summed E-state index contributed by atoms with van der Waals surface area (Å²) in [5.74, 6) is -0.592. The van der Waals surface area contributed by atoms with Crippen LogP contribution in [0.5, 0.6) is 5.75 Å². The van der Waals surface area contributed by atoms with E-state index in [-0.39, 0.29) is 24.4 Å². The van der Waals surface area contributed by atoms with Gasteiger partial charge >= 0.3 is 5.97 Å². The van der Waals surface area contributed by atoms with Crippen LogP contribution in [0.3, 0.4) is 0 Å². The number of primary amides is 1. The Balaban J connectivity index is 1.30. The van der Waals surface area contributed by atoms with Gasteiger partial charge in [-0.3, -0.25) is 9.69 Å². The molecule has 8 heteroatoms. The van der Waals surface area contributed by atoms with Gasteiger partial charge in [0.05, 0.1) is 16.7 Å². The van der Waals surface area contributed by atoms with Gasteiger partial charge in [0.2, 0.25) is 5.91 Å². The molecule has 1 amide bonds. The van der Waals surface area contributed by atoms with E-state index in [1.54, 1.807) is 6.07 Å². The lowest BCUT2D eigenvalue weighted by atomic mass is 9.90. The van der Waals surface area contributed by atoms with Gasteiger partial charge in [-0.15, -0.1) is 0 Å². The van der Waals surface area contributed by atoms with E-state index in [2.05, 4.69) is 28.1 Å². The van der Waals surface area contributed by atoms with Crippen molar-refractivity contribution < 1.29 is 23.5 Å². The monoisotopic (exact) mass is 620 g/mol. The van der Waals surface area contributed by atoms with Crippen LogP contribution in [0.25, 0.3) is 5.57 Å². The average molecular weight is 622 g/mol. The van der Waals surface area contributed by atoms with E-state index in [0.29, 0.717) is 30.9 Å². The predicted molar refractivity (Wildman–Crippen MR) is 160 cm³/mol. The molecule has 3 aromatic rings. The van der Waals surface area contributed by atoms with Gasteiger partial charge < -0.3 is 15.2 Å². The third-order valence-corrected chi connectivity index (χ3v) is 8.25. The van der Waals surface area contributed by atoms with E-state index >= 15 is 0 Å². The first-order valence-corrected chi connectivity index (χ1v) is 14.8. The van der Waals surface area contributed by atoms with Crippen LogP contribution in [-0.2, 0) is 20.7 Å². The molecule has 6 nitrogen and oxygen atoms in total. The summed E-state index contributed by atoms with van der Waals surface area (Å²) < 4.78 is 25.7. The zero-order valence-corrected chi connectivity index (χ0v) is 24.7. The van der Waals surface area contributed by atoms with E-state index in [4.69, 9.17) is 15.2 Å². The van der Waals surface area contributed by atoms with E-state index in [1.807, 2.05) is 48.2 Å². The molecule has 1 aliphatic heterocycles. The van der Waals surface area contributed by atoms with Crippen molar-refractivity contribution in [2.24, 2.45) is 5.73 Å². The molecule has 1 fully saturated rings. The Bertz CT molecular complexity index is 1450. The number of halogens is 2. The van der Waals surface area contributed by atoms with Crippen LogP contribution in [0, 0.1) is 12.7 Å². The fourth-order valence-electron chi connectivity index (χ4n) is 5.26. The number of carbonyl (C=O) groups excluding carboxylic acids is 2. The lowest BCUT2D eigenvalue weighted by Gasteiger charge is -2.35. The Morgan fingerprint density at radius 2 is 1.85 bits per heavy atom. The van der Waals surface area contributed by atoms with Gasteiger partial charge in [-0.25, -0.2) is 9.18 Å². The van der Waals surface area contributed by atoms with E-state index in [0.717, 1.165) is 58.0 Å². The van der Waals surface area contributed by atoms with Gasteiger partial charge in [0.15, 0.2) is 0 Å². The van der Waals surface area contributed by atoms with Gasteiger partial charge in [-0.2, -0.15) is 0 Å². The molecule has 2 aliphatic rings. The number of benzene rings is 3. The maximum absolute atomic E-state index is 13.5. The Morgan fingerprint density at radius 1 is 1.10 bits per heavy atom. The summed E-state index contributed by atoms with van der Waals surface area (Å²) in [4.78, 5) is 27.9. The lowest BCUT2D eigenvalue weighted by Crippen LogP contribution is -2.43. The van der Waals surface area contributed by atoms with Crippen molar-refractivity contribution in [2.45, 2.75) is 51.2 Å². The Morgan fingerprint density at radius 3 is 2.56 bits per heavy atom. The minimum atomic E-state index is -0.626. The summed E-state index contributed by atoms with van der Waals surface area (Å²) in [6.45, 7) is 3.31. The second-order valence-corrected chi connectivity index (χ2v) is 11.5. The van der Waals surface area contributed by atoms with Crippen molar-refractivity contribution in [1.82, 2.24) is 4.90 Å². The van der Waals surface area contributed by atoms with Crippen LogP contribution in [0.15, 0.2) is 76.8 Å². The number of ether oxygens (including phenoxy) is 2. The Kier molecular flexibility index (Phi) is 9.20. The van der Waals surface area contributed by atoms with Crippen LogP contribution in [-0.4, -0.2) is 42.6 Å². The normalized spacial score (nSPS) is 16.4. The number of aryl methyl sites for hydroxylation is 2. The highest BCUT2D eigenvalue weighted by molar-refractivity contribution is 9.10. The fourth-order valence-corrected chi connectivity index (χ4v) is 5.62.